The third kappa shape index (κ3) is 3.76. The summed E-state index contributed by atoms with van der Waals surface area (Å²) in [7, 11) is 5.34. The molecule has 1 amide bonds. The van der Waals surface area contributed by atoms with E-state index in [4.69, 9.17) is 9.15 Å². The van der Waals surface area contributed by atoms with Crippen LogP contribution in [0.4, 0.5) is 0 Å². The van der Waals surface area contributed by atoms with E-state index in [2.05, 4.69) is 0 Å². The number of hydrogen-bond donors (Lipinski definition) is 1. The van der Waals surface area contributed by atoms with Gasteiger partial charge in [-0.3, -0.25) is 9.59 Å². The molecule has 1 atom stereocenters. The van der Waals surface area contributed by atoms with Crippen molar-refractivity contribution in [2.75, 3.05) is 34.3 Å². The fourth-order valence-corrected chi connectivity index (χ4v) is 4.05. The van der Waals surface area contributed by atoms with E-state index in [1.807, 2.05) is 56.3 Å². The number of methoxy groups -OCH3 is 1. The van der Waals surface area contributed by atoms with Gasteiger partial charge in [-0.2, -0.15) is 0 Å². The molecule has 0 bridgehead atoms. The van der Waals surface area contributed by atoms with Gasteiger partial charge in [0.25, 0.3) is 5.91 Å². The highest BCUT2D eigenvalue weighted by atomic mass is 16.5. The zero-order chi connectivity index (χ0) is 23.0. The van der Waals surface area contributed by atoms with Gasteiger partial charge in [0.05, 0.1) is 18.7 Å². The fraction of sp³-hybridized carbons (Fsp3) is 0.280. The Bertz CT molecular complexity index is 1220. The van der Waals surface area contributed by atoms with Crippen molar-refractivity contribution in [2.45, 2.75) is 13.0 Å². The minimum absolute atomic E-state index is 0.0254. The molecule has 32 heavy (non-hydrogen) atoms. The molecule has 166 valence electrons. The summed E-state index contributed by atoms with van der Waals surface area (Å²) in [5.41, 5.74) is 2.23. The summed E-state index contributed by atoms with van der Waals surface area (Å²) in [6.07, 6.45) is 0. The zero-order valence-corrected chi connectivity index (χ0v) is 18.6. The Kier molecular flexibility index (Phi) is 5.76. The molecule has 1 unspecified atom stereocenters. The first-order chi connectivity index (χ1) is 15.3. The first-order valence-corrected chi connectivity index (χ1v) is 10.4. The van der Waals surface area contributed by atoms with Gasteiger partial charge < -0.3 is 24.1 Å². The van der Waals surface area contributed by atoms with E-state index in [1.54, 1.807) is 23.1 Å². The fourth-order valence-electron chi connectivity index (χ4n) is 4.05. The van der Waals surface area contributed by atoms with Crippen molar-refractivity contribution >= 4 is 22.7 Å². The zero-order valence-electron chi connectivity index (χ0n) is 18.6. The van der Waals surface area contributed by atoms with Gasteiger partial charge in [0.1, 0.15) is 0 Å². The molecular weight excluding hydrogens is 408 g/mol. The number of amides is 1. The number of hydrogen-bond acceptors (Lipinski definition) is 6. The van der Waals surface area contributed by atoms with Crippen LogP contribution in [0, 0.1) is 6.92 Å². The number of benzene rings is 2. The van der Waals surface area contributed by atoms with Crippen molar-refractivity contribution in [3.05, 3.63) is 76.8 Å². The van der Waals surface area contributed by atoms with Crippen LogP contribution in [0.25, 0.3) is 11.0 Å². The summed E-state index contributed by atoms with van der Waals surface area (Å²) in [6.45, 7) is 2.89. The minimum atomic E-state index is -0.704. The average molecular weight is 434 g/mol. The number of ether oxygens (including phenoxy) is 1. The van der Waals surface area contributed by atoms with Crippen LogP contribution in [0.15, 0.2) is 64.3 Å². The molecule has 0 fully saturated rings. The monoisotopic (exact) mass is 434 g/mol. The van der Waals surface area contributed by atoms with E-state index in [0.29, 0.717) is 29.8 Å². The molecule has 4 rings (SSSR count). The van der Waals surface area contributed by atoms with E-state index in [-0.39, 0.29) is 11.3 Å². The summed E-state index contributed by atoms with van der Waals surface area (Å²) in [5.74, 6) is -1.06. The lowest BCUT2D eigenvalue weighted by Gasteiger charge is -2.28. The van der Waals surface area contributed by atoms with E-state index < -0.39 is 23.5 Å². The third-order valence-corrected chi connectivity index (χ3v) is 5.65. The molecule has 2 heterocycles. The minimum Gasteiger partial charge on any atom is -0.503 e. The predicted molar refractivity (Wildman–Crippen MR) is 121 cm³/mol. The van der Waals surface area contributed by atoms with Crippen molar-refractivity contribution in [3.63, 3.8) is 0 Å². The summed E-state index contributed by atoms with van der Waals surface area (Å²) >= 11 is 0. The van der Waals surface area contributed by atoms with Crippen LogP contribution in [-0.4, -0.2) is 60.9 Å². The van der Waals surface area contributed by atoms with Gasteiger partial charge in [-0.05, 0) is 38.7 Å². The molecule has 7 nitrogen and oxygen atoms in total. The smallest absolute Gasteiger partial charge is 0.290 e. The molecule has 3 aromatic rings. The maximum Gasteiger partial charge on any atom is 0.290 e. The van der Waals surface area contributed by atoms with Crippen LogP contribution in [-0.2, 0) is 4.79 Å². The lowest BCUT2D eigenvalue weighted by Crippen LogP contribution is -2.36. The lowest BCUT2D eigenvalue weighted by molar-refractivity contribution is -0.129. The van der Waals surface area contributed by atoms with Crippen molar-refractivity contribution in [1.82, 2.24) is 9.80 Å². The Hall–Kier alpha value is -3.58. The summed E-state index contributed by atoms with van der Waals surface area (Å²) in [6, 6.07) is 13.9. The van der Waals surface area contributed by atoms with Crippen LogP contribution in [0.1, 0.15) is 27.7 Å². The summed E-state index contributed by atoms with van der Waals surface area (Å²) in [4.78, 5) is 30.1. The second kappa shape index (κ2) is 8.51. The van der Waals surface area contributed by atoms with E-state index in [9.17, 15) is 14.7 Å². The number of aryl methyl sites for hydroxylation is 1. The first kappa shape index (κ1) is 21.6. The van der Waals surface area contributed by atoms with Crippen LogP contribution in [0.3, 0.4) is 0 Å². The number of aliphatic hydroxyl groups is 1. The number of fused-ring (bicyclic) bond motifs is 1. The van der Waals surface area contributed by atoms with Gasteiger partial charge in [-0.25, -0.2) is 0 Å². The van der Waals surface area contributed by atoms with Crippen molar-refractivity contribution in [2.24, 2.45) is 0 Å². The van der Waals surface area contributed by atoms with Gasteiger partial charge >= 0.3 is 0 Å². The average Bonchev–Trinajstić information content (AvgIpc) is 3.31. The van der Waals surface area contributed by atoms with E-state index in [1.165, 1.54) is 7.11 Å². The highest BCUT2D eigenvalue weighted by molar-refractivity contribution is 6.16. The normalized spacial score (nSPS) is 16.5. The number of likely N-dealkylation sites (N-methyl/N-ethyl adjacent to an activating group) is 1. The van der Waals surface area contributed by atoms with Crippen molar-refractivity contribution < 1.29 is 23.8 Å². The molecule has 0 saturated carbocycles. The molecule has 0 saturated heterocycles. The number of para-hydroxylation sites is 1. The number of carbonyl (C=O) groups excluding carboxylic acids is 2. The second-order valence-corrected chi connectivity index (χ2v) is 8.20. The first-order valence-electron chi connectivity index (χ1n) is 10.4. The molecule has 0 aliphatic carbocycles. The van der Waals surface area contributed by atoms with Crippen LogP contribution >= 0.6 is 0 Å². The van der Waals surface area contributed by atoms with Crippen LogP contribution in [0.5, 0.6) is 5.75 Å². The topological polar surface area (TPSA) is 83.2 Å². The standard InChI is InChI=1S/C25H26N2O5/c1-15-7-5-8-16(13-15)21-20(23(29)25(30)27(21)12-11-26(2)3)22(28)19-14-17-9-6-10-18(31-4)24(17)32-19/h5-10,13-14,21,29H,11-12H2,1-4H3. The Labute approximate surface area is 186 Å². The SMILES string of the molecule is COc1cccc2cc(C(=O)C3=C(O)C(=O)N(CCN(C)C)C3c3cccc(C)c3)oc12. The van der Waals surface area contributed by atoms with E-state index >= 15 is 0 Å². The molecule has 0 radical (unpaired) electrons. The molecule has 2 aromatic carbocycles. The van der Waals surface area contributed by atoms with Crippen LogP contribution < -0.4 is 4.74 Å². The Morgan fingerprint density at radius 2 is 1.94 bits per heavy atom. The van der Waals surface area contributed by atoms with Gasteiger partial charge in [-0.1, -0.05) is 42.0 Å². The highest BCUT2D eigenvalue weighted by Crippen LogP contribution is 2.40. The molecule has 0 spiro atoms. The number of Topliss-reactive ketones (excluding diaryl/α,β-unsaturated/α-hetero) is 1. The molecule has 1 N–H and O–H groups in total. The Morgan fingerprint density at radius 1 is 1.19 bits per heavy atom. The highest BCUT2D eigenvalue weighted by Gasteiger charge is 2.44. The number of furan rings is 1. The largest absolute Gasteiger partial charge is 0.503 e. The number of ketones is 1. The molecule has 1 aliphatic heterocycles. The third-order valence-electron chi connectivity index (χ3n) is 5.65. The van der Waals surface area contributed by atoms with Crippen molar-refractivity contribution in [1.29, 1.82) is 0 Å². The van der Waals surface area contributed by atoms with Crippen molar-refractivity contribution in [3.8, 4) is 5.75 Å². The van der Waals surface area contributed by atoms with Gasteiger partial charge in [0.2, 0.25) is 5.78 Å². The quantitative estimate of drug-likeness (QED) is 0.568. The van der Waals surface area contributed by atoms with Gasteiger partial charge in [-0.15, -0.1) is 0 Å². The maximum atomic E-state index is 13.6. The molecule has 1 aliphatic rings. The predicted octanol–water partition coefficient (Wildman–Crippen LogP) is 3.89. The lowest BCUT2D eigenvalue weighted by atomic mass is 9.94. The second-order valence-electron chi connectivity index (χ2n) is 8.20. The Balaban J connectivity index is 1.81. The molecule has 7 heteroatoms. The number of aliphatic hydroxyl groups excluding tert-OH is 1. The maximum absolute atomic E-state index is 13.6. The Morgan fingerprint density at radius 3 is 2.62 bits per heavy atom. The van der Waals surface area contributed by atoms with Gasteiger partial charge in [0.15, 0.2) is 22.9 Å². The van der Waals surface area contributed by atoms with Gasteiger partial charge in [0, 0.05) is 18.5 Å². The van der Waals surface area contributed by atoms with Crippen LogP contribution in [0.2, 0.25) is 0 Å². The number of rotatable bonds is 7. The number of nitrogens with zero attached hydrogens (tertiary/aromatic N) is 2. The van der Waals surface area contributed by atoms with E-state index in [0.717, 1.165) is 11.1 Å². The summed E-state index contributed by atoms with van der Waals surface area (Å²) < 4.78 is 11.2. The molecular formula is C25H26N2O5. The number of carbonyl (C=O) groups is 2. The molecule has 1 aromatic heterocycles. The summed E-state index contributed by atoms with van der Waals surface area (Å²) in [5, 5.41) is 11.5.